The Balaban J connectivity index is 0.00000512. The summed E-state index contributed by atoms with van der Waals surface area (Å²) in [6.45, 7) is 2.24. The van der Waals surface area contributed by atoms with Crippen LogP contribution in [0.25, 0.3) is 0 Å². The number of aryl methyl sites for hydroxylation is 1. The topological polar surface area (TPSA) is 86.7 Å². The van der Waals surface area contributed by atoms with E-state index in [1.807, 2.05) is 6.07 Å². The van der Waals surface area contributed by atoms with Gasteiger partial charge in [0.15, 0.2) is 0 Å². The molecular weight excluding hydrogens is 451 g/mol. The van der Waals surface area contributed by atoms with E-state index in [1.165, 1.54) is 76.0 Å². The molecule has 5 nitrogen and oxygen atoms in total. The van der Waals surface area contributed by atoms with Crippen molar-refractivity contribution in [1.82, 2.24) is 0 Å². The molecule has 0 radical (unpaired) electrons. The minimum atomic E-state index is -4.43. The number of para-hydroxylation sites is 1. The number of benzene rings is 2. The van der Waals surface area contributed by atoms with Crippen molar-refractivity contribution >= 4 is 10.1 Å². The largest absolute Gasteiger partial charge is 1.00 e. The summed E-state index contributed by atoms with van der Waals surface area (Å²) in [5.41, 5.74) is 0.955. The van der Waals surface area contributed by atoms with Gasteiger partial charge in [0, 0.05) is 0 Å². The first-order valence-electron chi connectivity index (χ1n) is 11.5. The molecule has 0 aliphatic rings. The fourth-order valence-electron chi connectivity index (χ4n) is 3.65. The average molecular weight is 487 g/mol. The van der Waals surface area contributed by atoms with Crippen molar-refractivity contribution < 1.29 is 74.2 Å². The molecule has 0 saturated heterocycles. The minimum Gasteiger partial charge on any atom is -0.870 e. The van der Waals surface area contributed by atoms with Crippen molar-refractivity contribution in [2.24, 2.45) is 0 Å². The van der Waals surface area contributed by atoms with Gasteiger partial charge in [0.25, 0.3) is 10.1 Å². The molecule has 172 valence electrons. The van der Waals surface area contributed by atoms with E-state index in [0.717, 1.165) is 24.8 Å². The monoisotopic (exact) mass is 486 g/mol. The quantitative estimate of drug-likeness (QED) is 0.236. The van der Waals surface area contributed by atoms with Gasteiger partial charge in [-0.3, -0.25) is 4.55 Å². The van der Waals surface area contributed by atoms with E-state index >= 15 is 0 Å². The zero-order chi connectivity index (χ0) is 22.5. The third-order valence-corrected chi connectivity index (χ3v) is 6.32. The summed E-state index contributed by atoms with van der Waals surface area (Å²) in [7, 11) is -4.43. The maximum atomic E-state index is 12.4. The second-order valence-corrected chi connectivity index (χ2v) is 9.48. The molecule has 0 saturated carbocycles. The van der Waals surface area contributed by atoms with Gasteiger partial charge in [0.2, 0.25) is 0 Å². The summed E-state index contributed by atoms with van der Waals surface area (Å²) >= 11 is 0. The van der Waals surface area contributed by atoms with Crippen LogP contribution in [-0.4, -0.2) is 13.0 Å². The van der Waals surface area contributed by atoms with Crippen LogP contribution in [0.1, 0.15) is 83.1 Å². The maximum absolute atomic E-state index is 12.4. The Morgan fingerprint density at radius 1 is 0.812 bits per heavy atom. The summed E-state index contributed by atoms with van der Waals surface area (Å²) in [4.78, 5) is -0.362. The van der Waals surface area contributed by atoms with Crippen LogP contribution in [-0.2, 0) is 16.5 Å². The van der Waals surface area contributed by atoms with Crippen LogP contribution in [0.4, 0.5) is 0 Å². The van der Waals surface area contributed by atoms with Gasteiger partial charge < -0.3 is 9.84 Å². The number of hydrogen-bond acceptors (Lipinski definition) is 4. The smallest absolute Gasteiger partial charge is 0.870 e. The molecule has 0 aliphatic heterocycles. The van der Waals surface area contributed by atoms with E-state index < -0.39 is 10.1 Å². The Labute approximate surface area is 236 Å². The maximum Gasteiger partial charge on any atom is 1.00 e. The molecular formula is C25H35KO5S. The van der Waals surface area contributed by atoms with Crippen LogP contribution in [0.3, 0.4) is 0 Å². The molecule has 0 heterocycles. The van der Waals surface area contributed by atoms with Crippen LogP contribution in [0, 0.1) is 0 Å². The molecule has 0 atom stereocenters. The number of rotatable bonds is 15. The first kappa shape index (κ1) is 29.6. The summed E-state index contributed by atoms with van der Waals surface area (Å²) in [5, 5.41) is 12.4. The summed E-state index contributed by atoms with van der Waals surface area (Å²) in [6.07, 6.45) is 14.9. The van der Waals surface area contributed by atoms with E-state index in [-0.39, 0.29) is 73.5 Å². The van der Waals surface area contributed by atoms with Crippen molar-refractivity contribution in [2.75, 3.05) is 0 Å². The van der Waals surface area contributed by atoms with Crippen molar-refractivity contribution in [3.8, 4) is 17.2 Å². The fourth-order valence-corrected chi connectivity index (χ4v) is 4.27. The van der Waals surface area contributed by atoms with Crippen LogP contribution in [0.2, 0.25) is 0 Å². The van der Waals surface area contributed by atoms with Crippen LogP contribution in [0.5, 0.6) is 17.2 Å². The van der Waals surface area contributed by atoms with Crippen molar-refractivity contribution in [3.63, 3.8) is 0 Å². The standard InChI is InChI=1S/C25H36O5S.K/c1-2-3-4-5-6-7-8-9-10-11-12-15-21-18-19-23(22(26)20-21)30-24-16-13-14-17-25(24)31(27,28)29;/h13-14,16-20,26H,2-12,15H2,1H3,(H,27,28,29);/q;+1/p-1. The van der Waals surface area contributed by atoms with Gasteiger partial charge in [0.1, 0.15) is 16.4 Å². The molecule has 0 aromatic heterocycles. The van der Waals surface area contributed by atoms with Gasteiger partial charge in [-0.1, -0.05) is 101 Å². The van der Waals surface area contributed by atoms with Gasteiger partial charge in [0.05, 0.1) is 0 Å². The predicted molar refractivity (Wildman–Crippen MR) is 122 cm³/mol. The molecule has 2 aromatic rings. The molecule has 7 heteroatoms. The Morgan fingerprint density at radius 3 is 1.94 bits per heavy atom. The molecule has 2 rings (SSSR count). The Kier molecular flexibility index (Phi) is 15.0. The number of unbranched alkanes of at least 4 members (excludes halogenated alkanes) is 10. The number of hydrogen-bond donors (Lipinski definition) is 1. The van der Waals surface area contributed by atoms with E-state index in [0.29, 0.717) is 0 Å². The predicted octanol–water partition coefficient (Wildman–Crippen LogP) is 3.66. The molecule has 0 amide bonds. The first-order chi connectivity index (χ1) is 14.9. The summed E-state index contributed by atoms with van der Waals surface area (Å²) < 4.78 is 37.7. The molecule has 1 N–H and O–H groups in total. The normalized spacial score (nSPS) is 11.2. The molecule has 2 aromatic carbocycles. The molecule has 0 bridgehead atoms. The third-order valence-electron chi connectivity index (χ3n) is 5.42. The number of ether oxygens (including phenoxy) is 1. The van der Waals surface area contributed by atoms with E-state index in [4.69, 9.17) is 4.74 Å². The van der Waals surface area contributed by atoms with Gasteiger partial charge in [-0.05, 0) is 36.6 Å². The van der Waals surface area contributed by atoms with Gasteiger partial charge in [-0.25, -0.2) is 0 Å². The molecule has 32 heavy (non-hydrogen) atoms. The van der Waals surface area contributed by atoms with Crippen molar-refractivity contribution in [2.45, 2.75) is 88.9 Å². The molecule has 0 spiro atoms. The zero-order valence-corrected chi connectivity index (χ0v) is 23.5. The SMILES string of the molecule is CCCCCCCCCCCCCc1ccc(Oc2ccccc2S(=O)(=O)O)c([O-])c1.[K+]. The zero-order valence-electron chi connectivity index (χ0n) is 19.5. The second kappa shape index (κ2) is 16.3. The molecule has 0 aliphatic carbocycles. The van der Waals surface area contributed by atoms with Crippen LogP contribution < -0.4 is 61.2 Å². The minimum absolute atomic E-state index is 0. The second-order valence-electron chi connectivity index (χ2n) is 8.09. The van der Waals surface area contributed by atoms with Crippen molar-refractivity contribution in [3.05, 3.63) is 48.0 Å². The molecule has 0 unspecified atom stereocenters. The van der Waals surface area contributed by atoms with Crippen LogP contribution >= 0.6 is 0 Å². The van der Waals surface area contributed by atoms with Crippen molar-refractivity contribution in [1.29, 1.82) is 0 Å². The van der Waals surface area contributed by atoms with E-state index in [2.05, 4.69) is 6.92 Å². The van der Waals surface area contributed by atoms with Gasteiger partial charge >= 0.3 is 51.4 Å². The average Bonchev–Trinajstić information content (AvgIpc) is 2.73. The van der Waals surface area contributed by atoms with E-state index in [1.54, 1.807) is 18.2 Å². The molecule has 0 fully saturated rings. The Bertz CT molecular complexity index is 899. The summed E-state index contributed by atoms with van der Waals surface area (Å²) in [6, 6.07) is 10.6. The third kappa shape index (κ3) is 11.1. The Hall–Kier alpha value is -0.414. The first-order valence-corrected chi connectivity index (χ1v) is 12.9. The van der Waals surface area contributed by atoms with E-state index in [9.17, 15) is 18.1 Å². The van der Waals surface area contributed by atoms with Gasteiger partial charge in [-0.15, -0.1) is 0 Å². The van der Waals surface area contributed by atoms with Crippen LogP contribution in [0.15, 0.2) is 47.4 Å². The van der Waals surface area contributed by atoms with Gasteiger partial charge in [-0.2, -0.15) is 8.42 Å². The summed E-state index contributed by atoms with van der Waals surface area (Å²) in [5.74, 6) is -0.329. The Morgan fingerprint density at radius 2 is 1.38 bits per heavy atom. The fraction of sp³-hybridized carbons (Fsp3) is 0.520.